The van der Waals surface area contributed by atoms with E-state index in [1.807, 2.05) is 0 Å². The molecule has 2 heterocycles. The number of carbonyl (C=O) groups excluding carboxylic acids is 1. The van der Waals surface area contributed by atoms with Gasteiger partial charge >= 0.3 is 0 Å². The number of hydrogen-bond acceptors (Lipinski definition) is 3. The average Bonchev–Trinajstić information content (AvgIpc) is 2.89. The highest BCUT2D eigenvalue weighted by molar-refractivity contribution is 7.80. The average molecular weight is 276 g/mol. The van der Waals surface area contributed by atoms with Crippen LogP contribution in [-0.2, 0) is 11.2 Å². The lowest BCUT2D eigenvalue weighted by atomic mass is 10.00. The van der Waals surface area contributed by atoms with E-state index in [-0.39, 0.29) is 18.0 Å². The maximum absolute atomic E-state index is 11.8. The van der Waals surface area contributed by atoms with Crippen molar-refractivity contribution in [2.75, 3.05) is 0 Å². The van der Waals surface area contributed by atoms with E-state index in [0.29, 0.717) is 5.11 Å². The van der Waals surface area contributed by atoms with Crippen molar-refractivity contribution in [2.24, 2.45) is 0 Å². The summed E-state index contributed by atoms with van der Waals surface area (Å²) in [4.78, 5) is 11.8. The van der Waals surface area contributed by atoms with Gasteiger partial charge in [0.1, 0.15) is 6.04 Å². The van der Waals surface area contributed by atoms with Crippen LogP contribution in [0.2, 0.25) is 0 Å². The molecular weight excluding hydrogens is 260 g/mol. The number of carbonyl (C=O) groups is 1. The first kappa shape index (κ1) is 12.4. The normalized spacial score (nSPS) is 25.8. The molecule has 0 bridgehead atoms. The Morgan fingerprint density at radius 1 is 1.32 bits per heavy atom. The summed E-state index contributed by atoms with van der Waals surface area (Å²) in [5.74, 6) is -0.0474. The maximum atomic E-state index is 11.8. The van der Waals surface area contributed by atoms with Crippen molar-refractivity contribution in [1.29, 1.82) is 0 Å². The molecule has 3 N–H and O–H groups in total. The monoisotopic (exact) mass is 276 g/mol. The number of amides is 1. The van der Waals surface area contributed by atoms with Crippen molar-refractivity contribution in [3.63, 3.8) is 0 Å². The number of rotatable bonds is 2. The zero-order chi connectivity index (χ0) is 13.4. The smallest absolute Gasteiger partial charge is 0.262 e. The van der Waals surface area contributed by atoms with E-state index >= 15 is 0 Å². The van der Waals surface area contributed by atoms with Crippen LogP contribution < -0.4 is 16.3 Å². The third-order valence-corrected chi connectivity index (χ3v) is 3.97. The van der Waals surface area contributed by atoms with Gasteiger partial charge in [0, 0.05) is 0 Å². The van der Waals surface area contributed by atoms with Crippen LogP contribution in [0.15, 0.2) is 24.3 Å². The molecule has 3 rings (SSSR count). The molecule has 2 fully saturated rings. The molecule has 0 aliphatic carbocycles. The first-order chi connectivity index (χ1) is 9.19. The zero-order valence-corrected chi connectivity index (χ0v) is 11.5. The second-order valence-corrected chi connectivity index (χ2v) is 5.20. The summed E-state index contributed by atoms with van der Waals surface area (Å²) in [5.41, 5.74) is 11.1. The van der Waals surface area contributed by atoms with Gasteiger partial charge in [-0.15, -0.1) is 0 Å². The van der Waals surface area contributed by atoms with Crippen LogP contribution >= 0.6 is 12.2 Å². The number of aryl methyl sites for hydroxylation is 1. The van der Waals surface area contributed by atoms with E-state index in [1.165, 1.54) is 11.1 Å². The number of hydrazine groups is 2. The molecule has 2 aliphatic rings. The molecule has 1 amide bonds. The Morgan fingerprint density at radius 3 is 2.68 bits per heavy atom. The molecule has 0 spiro atoms. The van der Waals surface area contributed by atoms with Crippen LogP contribution in [0, 0.1) is 0 Å². The molecule has 1 aromatic carbocycles. The molecule has 0 aromatic heterocycles. The number of fused-ring (bicyclic) bond motifs is 1. The SMILES string of the molecule is CCc1ccc(C2CC3C(=O)NNC(=S)N3N2)cc1. The van der Waals surface area contributed by atoms with Crippen molar-refractivity contribution in [1.82, 2.24) is 21.3 Å². The summed E-state index contributed by atoms with van der Waals surface area (Å²) in [6, 6.07) is 8.38. The van der Waals surface area contributed by atoms with E-state index in [9.17, 15) is 4.79 Å². The number of hydrogen-bond donors (Lipinski definition) is 3. The topological polar surface area (TPSA) is 56.4 Å². The van der Waals surface area contributed by atoms with Crippen molar-refractivity contribution in [3.05, 3.63) is 35.4 Å². The minimum absolute atomic E-state index is 0.0474. The fourth-order valence-corrected chi connectivity index (χ4v) is 2.75. The lowest BCUT2D eigenvalue weighted by Crippen LogP contribution is -2.63. The first-order valence-corrected chi connectivity index (χ1v) is 6.84. The highest BCUT2D eigenvalue weighted by atomic mass is 32.1. The summed E-state index contributed by atoms with van der Waals surface area (Å²) in [6.07, 6.45) is 1.75. The van der Waals surface area contributed by atoms with Crippen LogP contribution in [0.5, 0.6) is 0 Å². The summed E-state index contributed by atoms with van der Waals surface area (Å²) >= 11 is 5.18. The van der Waals surface area contributed by atoms with Gasteiger partial charge < -0.3 is 0 Å². The molecule has 19 heavy (non-hydrogen) atoms. The van der Waals surface area contributed by atoms with Crippen molar-refractivity contribution >= 4 is 23.2 Å². The number of thiocarbonyl (C=S) groups is 1. The molecule has 6 heteroatoms. The van der Waals surface area contributed by atoms with Crippen LogP contribution in [0.3, 0.4) is 0 Å². The second kappa shape index (κ2) is 4.79. The Labute approximate surface area is 117 Å². The van der Waals surface area contributed by atoms with Gasteiger partial charge in [-0.25, -0.2) is 5.43 Å². The third-order valence-electron chi connectivity index (χ3n) is 3.67. The number of nitrogens with zero attached hydrogens (tertiary/aromatic N) is 1. The lowest BCUT2D eigenvalue weighted by molar-refractivity contribution is -0.126. The minimum Gasteiger partial charge on any atom is -0.273 e. The fourth-order valence-electron chi connectivity index (χ4n) is 2.52. The largest absolute Gasteiger partial charge is 0.273 e. The van der Waals surface area contributed by atoms with Gasteiger partial charge in [-0.1, -0.05) is 31.2 Å². The molecule has 0 radical (unpaired) electrons. The van der Waals surface area contributed by atoms with Crippen LogP contribution in [0.4, 0.5) is 0 Å². The van der Waals surface area contributed by atoms with E-state index in [4.69, 9.17) is 12.2 Å². The summed E-state index contributed by atoms with van der Waals surface area (Å²) in [6.45, 7) is 2.14. The van der Waals surface area contributed by atoms with Crippen LogP contribution in [0.1, 0.15) is 30.5 Å². The van der Waals surface area contributed by atoms with E-state index in [0.717, 1.165) is 12.8 Å². The zero-order valence-electron chi connectivity index (χ0n) is 10.6. The van der Waals surface area contributed by atoms with Gasteiger partial charge in [0.05, 0.1) is 6.04 Å². The van der Waals surface area contributed by atoms with Crippen LogP contribution in [0.25, 0.3) is 0 Å². The molecule has 1 aromatic rings. The Balaban J connectivity index is 1.80. The Hall–Kier alpha value is -1.66. The van der Waals surface area contributed by atoms with Gasteiger partial charge in [-0.05, 0) is 36.2 Å². The first-order valence-electron chi connectivity index (χ1n) is 6.43. The summed E-state index contributed by atoms with van der Waals surface area (Å²) in [7, 11) is 0. The van der Waals surface area contributed by atoms with Gasteiger partial charge in [0.25, 0.3) is 5.91 Å². The van der Waals surface area contributed by atoms with Gasteiger partial charge in [0.15, 0.2) is 0 Å². The number of benzene rings is 1. The van der Waals surface area contributed by atoms with Gasteiger partial charge in [-0.3, -0.25) is 20.7 Å². The predicted molar refractivity (Wildman–Crippen MR) is 75.8 cm³/mol. The fraction of sp³-hybridized carbons (Fsp3) is 0.385. The highest BCUT2D eigenvalue weighted by Crippen LogP contribution is 2.28. The summed E-state index contributed by atoms with van der Waals surface area (Å²) < 4.78 is 0. The number of nitrogens with one attached hydrogen (secondary N) is 3. The minimum atomic E-state index is -0.232. The molecule has 2 atom stereocenters. The quantitative estimate of drug-likeness (QED) is 0.697. The van der Waals surface area contributed by atoms with Crippen LogP contribution in [-0.4, -0.2) is 22.1 Å². The van der Waals surface area contributed by atoms with Gasteiger partial charge in [-0.2, -0.15) is 0 Å². The van der Waals surface area contributed by atoms with Crippen molar-refractivity contribution in [2.45, 2.75) is 31.8 Å². The molecule has 5 nitrogen and oxygen atoms in total. The summed E-state index contributed by atoms with van der Waals surface area (Å²) in [5, 5.41) is 2.25. The molecule has 2 unspecified atom stereocenters. The molecule has 0 saturated carbocycles. The molecule has 2 aliphatic heterocycles. The Morgan fingerprint density at radius 2 is 2.05 bits per heavy atom. The third kappa shape index (κ3) is 2.17. The molecule has 2 saturated heterocycles. The predicted octanol–water partition coefficient (Wildman–Crippen LogP) is 0.788. The van der Waals surface area contributed by atoms with E-state index in [2.05, 4.69) is 47.5 Å². The highest BCUT2D eigenvalue weighted by Gasteiger charge is 2.41. The lowest BCUT2D eigenvalue weighted by Gasteiger charge is -2.31. The van der Waals surface area contributed by atoms with E-state index in [1.54, 1.807) is 5.01 Å². The van der Waals surface area contributed by atoms with E-state index < -0.39 is 0 Å². The molecule has 100 valence electrons. The van der Waals surface area contributed by atoms with Crippen molar-refractivity contribution in [3.8, 4) is 0 Å². The second-order valence-electron chi connectivity index (χ2n) is 4.82. The molecular formula is C13H16N4OS. The standard InChI is InChI=1S/C13H16N4OS/c1-2-8-3-5-9(6-4-8)10-7-11-12(18)14-15-13(19)17(11)16-10/h3-6,10-11,16H,2,7H2,1H3,(H,14,18)(H,15,19). The van der Waals surface area contributed by atoms with Gasteiger partial charge in [0.2, 0.25) is 5.11 Å². The Kier molecular flexibility index (Phi) is 3.12. The maximum Gasteiger partial charge on any atom is 0.262 e. The Bertz CT molecular complexity index is 492. The van der Waals surface area contributed by atoms with Crippen molar-refractivity contribution < 1.29 is 4.79 Å².